The number of nitrogens with zero attached hydrogens (tertiary/aromatic N) is 3. The lowest BCUT2D eigenvalue weighted by Crippen LogP contribution is -1.98. The van der Waals surface area contributed by atoms with Crippen LogP contribution in [0.4, 0.5) is 5.69 Å². The first-order valence-electron chi connectivity index (χ1n) is 5.70. The minimum atomic E-state index is -0.478. The highest BCUT2D eigenvalue weighted by molar-refractivity contribution is 6.30. The number of nitro groups is 1. The zero-order valence-corrected chi connectivity index (χ0v) is 11.0. The Hall–Kier alpha value is -1.92. The van der Waals surface area contributed by atoms with E-state index in [-0.39, 0.29) is 17.4 Å². The summed E-state index contributed by atoms with van der Waals surface area (Å²) in [6.07, 6.45) is 0.623. The Bertz CT molecular complexity index is 625. The second-order valence-electron chi connectivity index (χ2n) is 3.92. The van der Waals surface area contributed by atoms with Gasteiger partial charge in [-0.2, -0.15) is 5.10 Å². The van der Waals surface area contributed by atoms with Crippen molar-refractivity contribution < 1.29 is 10.0 Å². The Kier molecular flexibility index (Phi) is 3.82. The zero-order chi connectivity index (χ0) is 14.0. The van der Waals surface area contributed by atoms with Crippen molar-refractivity contribution in [2.45, 2.75) is 20.0 Å². The highest BCUT2D eigenvalue weighted by Crippen LogP contribution is 2.25. The number of aromatic nitrogens is 2. The second-order valence-corrected chi connectivity index (χ2v) is 4.27. The fourth-order valence-electron chi connectivity index (χ4n) is 1.82. The lowest BCUT2D eigenvalue weighted by atomic mass is 10.2. The predicted molar refractivity (Wildman–Crippen MR) is 70.5 cm³/mol. The molecule has 1 aromatic carbocycles. The summed E-state index contributed by atoms with van der Waals surface area (Å²) < 4.78 is 1.40. The Balaban J connectivity index is 2.56. The summed E-state index contributed by atoms with van der Waals surface area (Å²) in [4.78, 5) is 10.3. The van der Waals surface area contributed by atoms with Crippen LogP contribution in [-0.2, 0) is 13.0 Å². The van der Waals surface area contributed by atoms with E-state index in [9.17, 15) is 15.2 Å². The first kappa shape index (κ1) is 13.5. The van der Waals surface area contributed by atoms with Crippen LogP contribution < -0.4 is 0 Å². The molecule has 0 amide bonds. The van der Waals surface area contributed by atoms with E-state index in [1.54, 1.807) is 12.1 Å². The molecular formula is C12H12ClN3O3. The van der Waals surface area contributed by atoms with Crippen LogP contribution in [-0.4, -0.2) is 19.8 Å². The number of halogens is 1. The average molecular weight is 282 g/mol. The molecule has 0 aliphatic carbocycles. The molecule has 2 rings (SSSR count). The predicted octanol–water partition coefficient (Wildman–Crippen LogP) is 2.49. The summed E-state index contributed by atoms with van der Waals surface area (Å²) in [6, 6.07) is 6.02. The third-order valence-corrected chi connectivity index (χ3v) is 3.17. The summed E-state index contributed by atoms with van der Waals surface area (Å²) in [6.45, 7) is 1.69. The highest BCUT2D eigenvalue weighted by Gasteiger charge is 2.16. The number of nitro benzene ring substituents is 1. The molecule has 0 saturated carbocycles. The molecule has 0 atom stereocenters. The van der Waals surface area contributed by atoms with Gasteiger partial charge < -0.3 is 5.11 Å². The van der Waals surface area contributed by atoms with Crippen LogP contribution >= 0.6 is 11.6 Å². The Morgan fingerprint density at radius 3 is 2.79 bits per heavy atom. The van der Waals surface area contributed by atoms with Crippen molar-refractivity contribution in [3.05, 3.63) is 50.8 Å². The SMILES string of the molecule is CCc1nn(-c2cccc([N+](=O)[O-])c2)c(Cl)c1CO. The number of hydrogen-bond acceptors (Lipinski definition) is 4. The number of benzene rings is 1. The lowest BCUT2D eigenvalue weighted by molar-refractivity contribution is -0.384. The Morgan fingerprint density at radius 1 is 1.53 bits per heavy atom. The minimum absolute atomic E-state index is 0.0346. The van der Waals surface area contributed by atoms with Crippen molar-refractivity contribution in [2.24, 2.45) is 0 Å². The molecule has 0 fully saturated rings. The number of hydrogen-bond donors (Lipinski definition) is 1. The quantitative estimate of drug-likeness (QED) is 0.689. The van der Waals surface area contributed by atoms with Crippen molar-refractivity contribution in [3.63, 3.8) is 0 Å². The van der Waals surface area contributed by atoms with Gasteiger partial charge in [0.25, 0.3) is 5.69 Å². The lowest BCUT2D eigenvalue weighted by Gasteiger charge is -2.02. The molecule has 19 heavy (non-hydrogen) atoms. The number of non-ortho nitro benzene ring substituents is 1. The third kappa shape index (κ3) is 2.45. The van der Waals surface area contributed by atoms with Crippen LogP contribution in [0, 0.1) is 10.1 Å². The fraction of sp³-hybridized carbons (Fsp3) is 0.250. The van der Waals surface area contributed by atoms with Gasteiger partial charge in [0.05, 0.1) is 22.9 Å². The molecule has 6 nitrogen and oxygen atoms in total. The maximum absolute atomic E-state index is 10.8. The molecule has 0 aliphatic rings. The van der Waals surface area contributed by atoms with Crippen LogP contribution in [0.3, 0.4) is 0 Å². The Labute approximate surface area is 114 Å². The number of rotatable bonds is 4. The average Bonchev–Trinajstić information content (AvgIpc) is 2.75. The van der Waals surface area contributed by atoms with Gasteiger partial charge in [-0.1, -0.05) is 24.6 Å². The van der Waals surface area contributed by atoms with Gasteiger partial charge in [-0.3, -0.25) is 10.1 Å². The molecule has 0 saturated heterocycles. The fourth-order valence-corrected chi connectivity index (χ4v) is 2.13. The minimum Gasteiger partial charge on any atom is -0.391 e. The van der Waals surface area contributed by atoms with Gasteiger partial charge >= 0.3 is 0 Å². The number of aliphatic hydroxyl groups excluding tert-OH is 1. The summed E-state index contributed by atoms with van der Waals surface area (Å²) in [5.41, 5.74) is 1.69. The molecule has 1 aromatic heterocycles. The largest absolute Gasteiger partial charge is 0.391 e. The van der Waals surface area contributed by atoms with E-state index < -0.39 is 4.92 Å². The summed E-state index contributed by atoms with van der Waals surface area (Å²) in [7, 11) is 0. The monoisotopic (exact) mass is 281 g/mol. The molecule has 7 heteroatoms. The summed E-state index contributed by atoms with van der Waals surface area (Å²) in [5.74, 6) is 0. The molecule has 0 unspecified atom stereocenters. The van der Waals surface area contributed by atoms with E-state index in [1.807, 2.05) is 6.92 Å². The van der Waals surface area contributed by atoms with Gasteiger partial charge in [0.2, 0.25) is 0 Å². The van der Waals surface area contributed by atoms with E-state index in [4.69, 9.17) is 11.6 Å². The van der Waals surface area contributed by atoms with Crippen LogP contribution in [0.25, 0.3) is 5.69 Å². The summed E-state index contributed by atoms with van der Waals surface area (Å²) in [5, 5.41) is 24.6. The number of aliphatic hydroxyl groups is 1. The highest BCUT2D eigenvalue weighted by atomic mass is 35.5. The van der Waals surface area contributed by atoms with Gasteiger partial charge in [-0.25, -0.2) is 4.68 Å². The first-order chi connectivity index (χ1) is 9.08. The van der Waals surface area contributed by atoms with E-state index in [2.05, 4.69) is 5.10 Å². The van der Waals surface area contributed by atoms with E-state index in [0.29, 0.717) is 23.4 Å². The molecule has 0 aliphatic heterocycles. The maximum Gasteiger partial charge on any atom is 0.271 e. The standard InChI is InChI=1S/C12H12ClN3O3/c1-2-11-10(7-17)12(13)15(14-11)8-4-3-5-9(6-8)16(18)19/h3-6,17H,2,7H2,1H3. The second kappa shape index (κ2) is 5.38. The van der Waals surface area contributed by atoms with Gasteiger partial charge in [0, 0.05) is 17.7 Å². The Morgan fingerprint density at radius 2 is 2.26 bits per heavy atom. The molecule has 1 heterocycles. The van der Waals surface area contributed by atoms with E-state index in [1.165, 1.54) is 16.8 Å². The van der Waals surface area contributed by atoms with Crippen LogP contribution in [0.1, 0.15) is 18.2 Å². The van der Waals surface area contributed by atoms with Crippen molar-refractivity contribution in [2.75, 3.05) is 0 Å². The van der Waals surface area contributed by atoms with Gasteiger partial charge in [-0.15, -0.1) is 0 Å². The van der Waals surface area contributed by atoms with Crippen molar-refractivity contribution in [3.8, 4) is 5.69 Å². The molecule has 0 radical (unpaired) electrons. The van der Waals surface area contributed by atoms with E-state index >= 15 is 0 Å². The molecule has 0 spiro atoms. The molecular weight excluding hydrogens is 270 g/mol. The molecule has 100 valence electrons. The molecule has 0 bridgehead atoms. The van der Waals surface area contributed by atoms with Crippen molar-refractivity contribution in [1.29, 1.82) is 0 Å². The molecule has 2 aromatic rings. The third-order valence-electron chi connectivity index (χ3n) is 2.78. The van der Waals surface area contributed by atoms with Gasteiger partial charge in [0.15, 0.2) is 0 Å². The van der Waals surface area contributed by atoms with Crippen LogP contribution in [0.5, 0.6) is 0 Å². The number of aryl methyl sites for hydroxylation is 1. The van der Waals surface area contributed by atoms with Gasteiger partial charge in [0.1, 0.15) is 5.15 Å². The normalized spacial score (nSPS) is 10.7. The summed E-state index contributed by atoms with van der Waals surface area (Å²) >= 11 is 6.15. The topological polar surface area (TPSA) is 81.2 Å². The molecule has 1 N–H and O–H groups in total. The van der Waals surface area contributed by atoms with E-state index in [0.717, 1.165) is 0 Å². The van der Waals surface area contributed by atoms with Crippen molar-refractivity contribution in [1.82, 2.24) is 9.78 Å². The van der Waals surface area contributed by atoms with Crippen LogP contribution in [0.2, 0.25) is 5.15 Å². The maximum atomic E-state index is 10.8. The first-order valence-corrected chi connectivity index (χ1v) is 6.08. The van der Waals surface area contributed by atoms with Crippen LogP contribution in [0.15, 0.2) is 24.3 Å². The van der Waals surface area contributed by atoms with Crippen molar-refractivity contribution >= 4 is 17.3 Å². The smallest absolute Gasteiger partial charge is 0.271 e. The van der Waals surface area contributed by atoms with Gasteiger partial charge in [-0.05, 0) is 12.5 Å². The zero-order valence-electron chi connectivity index (χ0n) is 10.2.